The molecular formula is C10H10F3N5. The lowest BCUT2D eigenvalue weighted by Crippen LogP contribution is -2.14. The molecule has 0 radical (unpaired) electrons. The van der Waals surface area contributed by atoms with Crippen molar-refractivity contribution < 1.29 is 13.2 Å². The van der Waals surface area contributed by atoms with Gasteiger partial charge < -0.3 is 5.32 Å². The second kappa shape index (κ2) is 5.03. The van der Waals surface area contributed by atoms with E-state index >= 15 is 0 Å². The maximum Gasteiger partial charge on any atom is 0.419 e. The van der Waals surface area contributed by atoms with Crippen molar-refractivity contribution in [2.75, 3.05) is 11.9 Å². The van der Waals surface area contributed by atoms with Crippen molar-refractivity contribution in [3.8, 4) is 0 Å². The van der Waals surface area contributed by atoms with Crippen molar-refractivity contribution in [2.24, 2.45) is 0 Å². The molecule has 2 rings (SSSR count). The first-order chi connectivity index (χ1) is 8.57. The number of hydrogen-bond acceptors (Lipinski definition) is 4. The molecule has 0 unspecified atom stereocenters. The number of pyridine rings is 1. The lowest BCUT2D eigenvalue weighted by Gasteiger charge is -2.12. The van der Waals surface area contributed by atoms with E-state index in [0.717, 1.165) is 6.07 Å². The van der Waals surface area contributed by atoms with Crippen molar-refractivity contribution in [1.82, 2.24) is 20.2 Å². The van der Waals surface area contributed by atoms with Crippen molar-refractivity contribution in [1.29, 1.82) is 0 Å². The van der Waals surface area contributed by atoms with Crippen LogP contribution in [-0.4, -0.2) is 26.7 Å². The molecule has 0 aliphatic carbocycles. The molecule has 0 aromatic carbocycles. The van der Waals surface area contributed by atoms with Gasteiger partial charge in [0.15, 0.2) is 0 Å². The minimum Gasteiger partial charge on any atom is -0.369 e. The SMILES string of the molecule is FC(F)(F)c1cccnc1NCCc1ncn[nH]1. The average Bonchev–Trinajstić information content (AvgIpc) is 2.81. The lowest BCUT2D eigenvalue weighted by molar-refractivity contribution is -0.137. The van der Waals surface area contributed by atoms with Crippen molar-refractivity contribution in [3.05, 3.63) is 36.0 Å². The van der Waals surface area contributed by atoms with Crippen LogP contribution >= 0.6 is 0 Å². The van der Waals surface area contributed by atoms with Gasteiger partial charge in [0.05, 0.1) is 5.56 Å². The van der Waals surface area contributed by atoms with E-state index in [0.29, 0.717) is 12.2 Å². The largest absolute Gasteiger partial charge is 0.419 e. The Kier molecular flexibility index (Phi) is 3.45. The maximum absolute atomic E-state index is 12.6. The first-order valence-electron chi connectivity index (χ1n) is 5.17. The summed E-state index contributed by atoms with van der Waals surface area (Å²) in [5, 5.41) is 8.91. The van der Waals surface area contributed by atoms with Crippen LogP contribution in [0.5, 0.6) is 0 Å². The summed E-state index contributed by atoms with van der Waals surface area (Å²) in [5.41, 5.74) is -0.775. The number of anilines is 1. The van der Waals surface area contributed by atoms with Crippen molar-refractivity contribution in [2.45, 2.75) is 12.6 Å². The Morgan fingerprint density at radius 3 is 2.78 bits per heavy atom. The normalized spacial score (nSPS) is 11.5. The number of nitrogens with one attached hydrogen (secondary N) is 2. The van der Waals surface area contributed by atoms with Crippen LogP contribution in [-0.2, 0) is 12.6 Å². The molecule has 2 N–H and O–H groups in total. The number of hydrogen-bond donors (Lipinski definition) is 2. The number of alkyl halides is 3. The third-order valence-corrected chi connectivity index (χ3v) is 2.23. The van der Waals surface area contributed by atoms with Crippen LogP contribution in [0.3, 0.4) is 0 Å². The van der Waals surface area contributed by atoms with E-state index in [1.807, 2.05) is 0 Å². The Labute approximate surface area is 100 Å². The third-order valence-electron chi connectivity index (χ3n) is 2.23. The summed E-state index contributed by atoms with van der Waals surface area (Å²) < 4.78 is 37.9. The van der Waals surface area contributed by atoms with Crippen molar-refractivity contribution in [3.63, 3.8) is 0 Å². The fourth-order valence-electron chi connectivity index (χ4n) is 1.43. The molecule has 2 aromatic heterocycles. The van der Waals surface area contributed by atoms with Gasteiger partial charge in [-0.3, -0.25) is 5.10 Å². The highest BCUT2D eigenvalue weighted by molar-refractivity contribution is 5.45. The fourth-order valence-corrected chi connectivity index (χ4v) is 1.43. The summed E-state index contributed by atoms with van der Waals surface area (Å²) in [4.78, 5) is 7.56. The van der Waals surface area contributed by atoms with Crippen LogP contribution < -0.4 is 5.32 Å². The van der Waals surface area contributed by atoms with Gasteiger partial charge in [-0.2, -0.15) is 18.3 Å². The van der Waals surface area contributed by atoms with Gasteiger partial charge in [0, 0.05) is 19.2 Å². The zero-order valence-corrected chi connectivity index (χ0v) is 9.20. The molecule has 2 aromatic rings. The van der Waals surface area contributed by atoms with E-state index in [1.165, 1.54) is 18.6 Å². The molecule has 8 heteroatoms. The molecule has 0 bridgehead atoms. The molecule has 0 aliphatic rings. The van der Waals surface area contributed by atoms with Gasteiger partial charge in [-0.1, -0.05) is 0 Å². The molecule has 5 nitrogen and oxygen atoms in total. The monoisotopic (exact) mass is 257 g/mol. The van der Waals surface area contributed by atoms with Gasteiger partial charge in [-0.25, -0.2) is 9.97 Å². The van der Waals surface area contributed by atoms with E-state index in [-0.39, 0.29) is 12.4 Å². The van der Waals surface area contributed by atoms with Crippen LogP contribution in [0.2, 0.25) is 0 Å². The van der Waals surface area contributed by atoms with Crippen LogP contribution in [0.25, 0.3) is 0 Å². The topological polar surface area (TPSA) is 66.5 Å². The molecule has 0 spiro atoms. The summed E-state index contributed by atoms with van der Waals surface area (Å²) in [7, 11) is 0. The first-order valence-corrected chi connectivity index (χ1v) is 5.17. The van der Waals surface area contributed by atoms with E-state index in [2.05, 4.69) is 25.5 Å². The highest BCUT2D eigenvalue weighted by atomic mass is 19.4. The summed E-state index contributed by atoms with van der Waals surface area (Å²) in [6.07, 6.45) is -1.32. The van der Waals surface area contributed by atoms with Gasteiger partial charge in [0.2, 0.25) is 0 Å². The summed E-state index contributed by atoms with van der Waals surface area (Å²) in [5.74, 6) is 0.427. The Hall–Kier alpha value is -2.12. The molecule has 96 valence electrons. The second-order valence-electron chi connectivity index (χ2n) is 3.51. The Morgan fingerprint density at radius 2 is 2.11 bits per heavy atom. The minimum atomic E-state index is -4.41. The molecule has 0 fully saturated rings. The van der Waals surface area contributed by atoms with Crippen LogP contribution in [0.1, 0.15) is 11.4 Å². The van der Waals surface area contributed by atoms with Crippen LogP contribution in [0.4, 0.5) is 19.0 Å². The second-order valence-corrected chi connectivity index (χ2v) is 3.51. The summed E-state index contributed by atoms with van der Waals surface area (Å²) in [6.45, 7) is 0.287. The predicted octanol–water partition coefficient (Wildman–Crippen LogP) is 1.87. The molecule has 0 saturated heterocycles. The summed E-state index contributed by atoms with van der Waals surface area (Å²) >= 11 is 0. The molecular weight excluding hydrogens is 247 g/mol. The quantitative estimate of drug-likeness (QED) is 0.877. The van der Waals surface area contributed by atoms with Gasteiger partial charge in [-0.15, -0.1) is 0 Å². The van der Waals surface area contributed by atoms with E-state index in [1.54, 1.807) is 0 Å². The number of nitrogens with zero attached hydrogens (tertiary/aromatic N) is 3. The number of aromatic amines is 1. The minimum absolute atomic E-state index is 0.176. The van der Waals surface area contributed by atoms with Gasteiger partial charge in [-0.05, 0) is 12.1 Å². The molecule has 0 amide bonds. The fraction of sp³-hybridized carbons (Fsp3) is 0.300. The predicted molar refractivity (Wildman–Crippen MR) is 57.8 cm³/mol. The lowest BCUT2D eigenvalue weighted by atomic mass is 10.2. The standard InChI is InChI=1S/C10H10F3N5/c11-10(12,13)7-2-1-4-14-9(7)15-5-3-8-16-6-17-18-8/h1-2,4,6H,3,5H2,(H,14,15)(H,16,17,18). The Balaban J connectivity index is 2.01. The molecule has 0 saturated carbocycles. The van der Waals surface area contributed by atoms with E-state index in [9.17, 15) is 13.2 Å². The highest BCUT2D eigenvalue weighted by Crippen LogP contribution is 2.33. The number of aromatic nitrogens is 4. The van der Waals surface area contributed by atoms with Gasteiger partial charge >= 0.3 is 6.18 Å². The maximum atomic E-state index is 12.6. The molecule has 0 aliphatic heterocycles. The Morgan fingerprint density at radius 1 is 1.28 bits per heavy atom. The Bertz CT molecular complexity index is 494. The first kappa shape index (κ1) is 12.3. The number of rotatable bonds is 4. The smallest absolute Gasteiger partial charge is 0.369 e. The van der Waals surface area contributed by atoms with Crippen LogP contribution in [0, 0.1) is 0 Å². The average molecular weight is 257 g/mol. The van der Waals surface area contributed by atoms with Gasteiger partial charge in [0.1, 0.15) is 18.0 Å². The zero-order chi connectivity index (χ0) is 13.0. The van der Waals surface area contributed by atoms with Gasteiger partial charge in [0.25, 0.3) is 0 Å². The zero-order valence-electron chi connectivity index (χ0n) is 9.20. The van der Waals surface area contributed by atoms with Crippen molar-refractivity contribution >= 4 is 5.82 Å². The number of H-pyrrole nitrogens is 1. The highest BCUT2D eigenvalue weighted by Gasteiger charge is 2.33. The van der Waals surface area contributed by atoms with E-state index < -0.39 is 11.7 Å². The molecule has 0 atom stereocenters. The number of halogens is 3. The van der Waals surface area contributed by atoms with Crippen LogP contribution in [0.15, 0.2) is 24.7 Å². The molecule has 18 heavy (non-hydrogen) atoms. The molecule has 2 heterocycles. The van der Waals surface area contributed by atoms with E-state index in [4.69, 9.17) is 0 Å². The summed E-state index contributed by atoms with van der Waals surface area (Å²) in [6, 6.07) is 2.24. The third kappa shape index (κ3) is 2.96.